The SMILES string of the molecule is Cc1nc2cc[nH]n2c(=O)c1CC(=O)N1CCCCC[C@@H]1C(C)(C)C. The highest BCUT2D eigenvalue weighted by Gasteiger charge is 2.34. The second-order valence-corrected chi connectivity index (χ2v) is 8.13. The van der Waals surface area contributed by atoms with Gasteiger partial charge >= 0.3 is 0 Å². The van der Waals surface area contributed by atoms with Gasteiger partial charge in [-0.2, -0.15) is 0 Å². The molecule has 1 aliphatic rings. The zero-order valence-electron chi connectivity index (χ0n) is 15.6. The van der Waals surface area contributed by atoms with E-state index in [0.717, 1.165) is 32.2 Å². The van der Waals surface area contributed by atoms with E-state index in [0.29, 0.717) is 16.9 Å². The van der Waals surface area contributed by atoms with Gasteiger partial charge in [-0.1, -0.05) is 33.6 Å². The molecule has 25 heavy (non-hydrogen) atoms. The normalized spacial score (nSPS) is 19.2. The highest BCUT2D eigenvalue weighted by molar-refractivity contribution is 5.79. The quantitative estimate of drug-likeness (QED) is 0.910. The molecule has 136 valence electrons. The van der Waals surface area contributed by atoms with E-state index in [1.165, 1.54) is 4.52 Å². The fourth-order valence-corrected chi connectivity index (χ4v) is 3.87. The lowest BCUT2D eigenvalue weighted by molar-refractivity contribution is -0.135. The van der Waals surface area contributed by atoms with Gasteiger partial charge in [-0.05, 0) is 25.2 Å². The summed E-state index contributed by atoms with van der Waals surface area (Å²) in [5.74, 6) is 0.0373. The minimum Gasteiger partial charge on any atom is -0.339 e. The van der Waals surface area contributed by atoms with E-state index >= 15 is 0 Å². The number of aromatic nitrogens is 3. The minimum atomic E-state index is -0.178. The number of H-pyrrole nitrogens is 1. The predicted octanol–water partition coefficient (Wildman–Crippen LogP) is 2.69. The summed E-state index contributed by atoms with van der Waals surface area (Å²) >= 11 is 0. The third kappa shape index (κ3) is 3.48. The fourth-order valence-electron chi connectivity index (χ4n) is 3.87. The van der Waals surface area contributed by atoms with E-state index in [9.17, 15) is 9.59 Å². The average molecular weight is 344 g/mol. The molecule has 1 atom stereocenters. The molecular formula is C19H28N4O2. The van der Waals surface area contributed by atoms with Crippen LogP contribution in [0.4, 0.5) is 0 Å². The van der Waals surface area contributed by atoms with Gasteiger partial charge in [-0.3, -0.25) is 14.7 Å². The summed E-state index contributed by atoms with van der Waals surface area (Å²) in [6, 6.07) is 1.97. The molecule has 0 bridgehead atoms. The fraction of sp³-hybridized carbons (Fsp3) is 0.632. The Balaban J connectivity index is 1.91. The number of nitrogens with one attached hydrogen (secondary N) is 1. The Morgan fingerprint density at radius 2 is 2.08 bits per heavy atom. The van der Waals surface area contributed by atoms with Crippen LogP contribution in [0.3, 0.4) is 0 Å². The molecule has 6 heteroatoms. The monoisotopic (exact) mass is 344 g/mol. The molecule has 2 aromatic rings. The third-order valence-corrected chi connectivity index (χ3v) is 5.25. The van der Waals surface area contributed by atoms with E-state index in [4.69, 9.17) is 0 Å². The number of carbonyl (C=O) groups excluding carboxylic acids is 1. The number of aryl methyl sites for hydroxylation is 1. The molecular weight excluding hydrogens is 316 g/mol. The number of hydrogen-bond donors (Lipinski definition) is 1. The van der Waals surface area contributed by atoms with Gasteiger partial charge in [0.1, 0.15) is 0 Å². The first kappa shape index (κ1) is 17.7. The molecule has 0 spiro atoms. The Kier molecular flexibility index (Phi) is 4.71. The highest BCUT2D eigenvalue weighted by Crippen LogP contribution is 2.31. The Bertz CT molecular complexity index is 828. The lowest BCUT2D eigenvalue weighted by atomic mass is 9.83. The van der Waals surface area contributed by atoms with Crippen molar-refractivity contribution in [1.82, 2.24) is 19.5 Å². The maximum absolute atomic E-state index is 13.1. The number of hydrogen-bond acceptors (Lipinski definition) is 3. The summed E-state index contributed by atoms with van der Waals surface area (Å²) in [7, 11) is 0. The van der Waals surface area contributed by atoms with Crippen LogP contribution in [0.15, 0.2) is 17.1 Å². The van der Waals surface area contributed by atoms with Crippen molar-refractivity contribution in [1.29, 1.82) is 0 Å². The van der Waals surface area contributed by atoms with Gasteiger partial charge in [0.2, 0.25) is 5.91 Å². The summed E-state index contributed by atoms with van der Waals surface area (Å²) in [6.07, 6.45) is 6.17. The Labute approximate surface area is 148 Å². The Morgan fingerprint density at radius 3 is 2.80 bits per heavy atom. The van der Waals surface area contributed by atoms with Crippen molar-refractivity contribution in [2.75, 3.05) is 6.54 Å². The van der Waals surface area contributed by atoms with Crippen LogP contribution in [0.2, 0.25) is 0 Å². The zero-order valence-corrected chi connectivity index (χ0v) is 15.6. The molecule has 1 aliphatic heterocycles. The van der Waals surface area contributed by atoms with Crippen LogP contribution in [-0.2, 0) is 11.2 Å². The van der Waals surface area contributed by atoms with Crippen LogP contribution >= 0.6 is 0 Å². The summed E-state index contributed by atoms with van der Waals surface area (Å²) < 4.78 is 1.40. The summed E-state index contributed by atoms with van der Waals surface area (Å²) in [6.45, 7) is 9.15. The lowest BCUT2D eigenvalue weighted by Gasteiger charge is -2.39. The zero-order chi connectivity index (χ0) is 18.2. The third-order valence-electron chi connectivity index (χ3n) is 5.25. The molecule has 0 aliphatic carbocycles. The Hall–Kier alpha value is -2.11. The second kappa shape index (κ2) is 6.65. The first-order valence-electron chi connectivity index (χ1n) is 9.14. The van der Waals surface area contributed by atoms with E-state index in [-0.39, 0.29) is 29.3 Å². The van der Waals surface area contributed by atoms with E-state index in [2.05, 4.69) is 30.9 Å². The smallest absolute Gasteiger partial charge is 0.276 e. The van der Waals surface area contributed by atoms with Gasteiger partial charge in [0, 0.05) is 36.1 Å². The van der Waals surface area contributed by atoms with Crippen LogP contribution in [-0.4, -0.2) is 38.0 Å². The minimum absolute atomic E-state index is 0.0335. The molecule has 0 aromatic carbocycles. The number of carbonyl (C=O) groups is 1. The maximum Gasteiger partial charge on any atom is 0.276 e. The number of aromatic amines is 1. The molecule has 1 fully saturated rings. The first-order chi connectivity index (χ1) is 11.8. The van der Waals surface area contributed by atoms with Crippen molar-refractivity contribution in [3.05, 3.63) is 33.9 Å². The maximum atomic E-state index is 13.1. The summed E-state index contributed by atoms with van der Waals surface area (Å²) in [5.41, 5.74) is 1.57. The second-order valence-electron chi connectivity index (χ2n) is 8.13. The average Bonchev–Trinajstić information content (AvgIpc) is 2.84. The van der Waals surface area contributed by atoms with E-state index in [1.807, 2.05) is 4.90 Å². The molecule has 1 saturated heterocycles. The number of nitrogens with zero attached hydrogens (tertiary/aromatic N) is 3. The molecule has 0 unspecified atom stereocenters. The summed E-state index contributed by atoms with van der Waals surface area (Å²) in [4.78, 5) is 32.2. The van der Waals surface area contributed by atoms with Crippen LogP contribution < -0.4 is 5.56 Å². The molecule has 0 radical (unpaired) electrons. The van der Waals surface area contributed by atoms with Crippen LogP contribution in [0.5, 0.6) is 0 Å². The van der Waals surface area contributed by atoms with Crippen LogP contribution in [0.25, 0.3) is 5.65 Å². The predicted molar refractivity (Wildman–Crippen MR) is 97.7 cm³/mol. The molecule has 1 amide bonds. The van der Waals surface area contributed by atoms with Crippen molar-refractivity contribution >= 4 is 11.6 Å². The molecule has 0 saturated carbocycles. The van der Waals surface area contributed by atoms with Gasteiger partial charge in [-0.25, -0.2) is 9.50 Å². The Morgan fingerprint density at radius 1 is 1.32 bits per heavy atom. The van der Waals surface area contributed by atoms with Gasteiger partial charge in [0.25, 0.3) is 5.56 Å². The molecule has 1 N–H and O–H groups in total. The highest BCUT2D eigenvalue weighted by atomic mass is 16.2. The van der Waals surface area contributed by atoms with Crippen molar-refractivity contribution < 1.29 is 4.79 Å². The van der Waals surface area contributed by atoms with Crippen molar-refractivity contribution in [2.45, 2.75) is 65.8 Å². The standard InChI is InChI=1S/C19H28N4O2/c1-13-14(18(25)23-16(21-13)9-10-20-23)12-17(24)22-11-7-5-6-8-15(22)19(2,3)4/h9-10,15,20H,5-8,11-12H2,1-4H3/t15-/m1/s1. The summed E-state index contributed by atoms with van der Waals surface area (Å²) in [5, 5.41) is 2.87. The largest absolute Gasteiger partial charge is 0.339 e. The molecule has 6 nitrogen and oxygen atoms in total. The van der Waals surface area contributed by atoms with E-state index in [1.54, 1.807) is 19.2 Å². The number of amides is 1. The van der Waals surface area contributed by atoms with Gasteiger partial charge in [0.15, 0.2) is 5.65 Å². The van der Waals surface area contributed by atoms with Gasteiger partial charge < -0.3 is 4.90 Å². The van der Waals surface area contributed by atoms with Crippen LogP contribution in [0.1, 0.15) is 57.7 Å². The van der Waals surface area contributed by atoms with Crippen molar-refractivity contribution in [2.24, 2.45) is 5.41 Å². The van der Waals surface area contributed by atoms with Crippen molar-refractivity contribution in [3.8, 4) is 0 Å². The lowest BCUT2D eigenvalue weighted by Crippen LogP contribution is -2.48. The molecule has 2 aromatic heterocycles. The number of likely N-dealkylation sites (tertiary alicyclic amines) is 1. The topological polar surface area (TPSA) is 70.5 Å². The van der Waals surface area contributed by atoms with Crippen LogP contribution in [0, 0.1) is 12.3 Å². The van der Waals surface area contributed by atoms with E-state index < -0.39 is 0 Å². The molecule has 3 heterocycles. The molecule has 3 rings (SSSR count). The first-order valence-corrected chi connectivity index (χ1v) is 9.14. The number of rotatable bonds is 2. The number of fused-ring (bicyclic) bond motifs is 1. The van der Waals surface area contributed by atoms with Crippen molar-refractivity contribution in [3.63, 3.8) is 0 Å². The van der Waals surface area contributed by atoms with Gasteiger partial charge in [0.05, 0.1) is 6.42 Å². The van der Waals surface area contributed by atoms with Gasteiger partial charge in [-0.15, -0.1) is 0 Å².